The van der Waals surface area contributed by atoms with Crippen molar-refractivity contribution in [1.82, 2.24) is 0 Å². The Morgan fingerprint density at radius 1 is 0.923 bits per heavy atom. The fourth-order valence-electron chi connectivity index (χ4n) is 3.12. The zero-order valence-electron chi connectivity index (χ0n) is 14.0. The van der Waals surface area contributed by atoms with Crippen LogP contribution in [0.3, 0.4) is 0 Å². The predicted molar refractivity (Wildman–Crippen MR) is 106 cm³/mol. The minimum Gasteiger partial charge on any atom is -0.324 e. The Labute approximate surface area is 157 Å². The van der Waals surface area contributed by atoms with Gasteiger partial charge in [0.15, 0.2) is 0 Å². The van der Waals surface area contributed by atoms with Crippen molar-refractivity contribution < 1.29 is 4.79 Å². The molecule has 3 aromatic rings. The largest absolute Gasteiger partial charge is 0.324 e. The maximum Gasteiger partial charge on any atom is 0.249 e. The van der Waals surface area contributed by atoms with Gasteiger partial charge in [-0.2, -0.15) is 0 Å². The van der Waals surface area contributed by atoms with Gasteiger partial charge >= 0.3 is 0 Å². The highest BCUT2D eigenvalue weighted by molar-refractivity contribution is 6.32. The molecule has 3 aromatic carbocycles. The second kappa shape index (κ2) is 7.14. The van der Waals surface area contributed by atoms with E-state index in [0.29, 0.717) is 11.4 Å². The van der Waals surface area contributed by atoms with Gasteiger partial charge in [-0.3, -0.25) is 9.79 Å². The molecule has 0 unspecified atom stereocenters. The third kappa shape index (κ3) is 3.39. The molecular formula is C22H17ClN2O. The lowest BCUT2D eigenvalue weighted by Gasteiger charge is -2.11. The monoisotopic (exact) mass is 360 g/mol. The average molecular weight is 361 g/mol. The van der Waals surface area contributed by atoms with E-state index in [1.54, 1.807) is 6.07 Å². The van der Waals surface area contributed by atoms with Crippen LogP contribution in [0.1, 0.15) is 16.7 Å². The summed E-state index contributed by atoms with van der Waals surface area (Å²) < 4.78 is 0. The summed E-state index contributed by atoms with van der Waals surface area (Å²) in [7, 11) is 0. The zero-order chi connectivity index (χ0) is 17.9. The molecule has 0 spiro atoms. The molecule has 1 amide bonds. The van der Waals surface area contributed by atoms with E-state index in [-0.39, 0.29) is 5.91 Å². The summed E-state index contributed by atoms with van der Waals surface area (Å²) in [6.45, 7) is 0. The van der Waals surface area contributed by atoms with Gasteiger partial charge in [0.1, 0.15) is 6.04 Å². The zero-order valence-corrected chi connectivity index (χ0v) is 14.8. The van der Waals surface area contributed by atoms with Crippen LogP contribution < -0.4 is 5.32 Å². The number of amides is 1. The van der Waals surface area contributed by atoms with Gasteiger partial charge in [0.25, 0.3) is 0 Å². The molecule has 1 aliphatic rings. The smallest absolute Gasteiger partial charge is 0.249 e. The van der Waals surface area contributed by atoms with Crippen molar-refractivity contribution in [2.24, 2.45) is 4.99 Å². The van der Waals surface area contributed by atoms with E-state index in [2.05, 4.69) is 5.32 Å². The molecule has 0 saturated carbocycles. The SMILES string of the molecule is O=C1Nc2ccc(Cl)cc2C(c2ccccc2)=N[C@H]1Cc1ccccc1. The number of hydrogen-bond acceptors (Lipinski definition) is 2. The van der Waals surface area contributed by atoms with Crippen molar-refractivity contribution in [3.8, 4) is 0 Å². The van der Waals surface area contributed by atoms with E-state index in [0.717, 1.165) is 28.1 Å². The van der Waals surface area contributed by atoms with Crippen molar-refractivity contribution in [2.45, 2.75) is 12.5 Å². The van der Waals surface area contributed by atoms with Crippen molar-refractivity contribution in [3.05, 3.63) is 101 Å². The lowest BCUT2D eigenvalue weighted by atomic mass is 10.0. The highest BCUT2D eigenvalue weighted by Gasteiger charge is 2.26. The summed E-state index contributed by atoms with van der Waals surface area (Å²) in [6, 6.07) is 24.8. The van der Waals surface area contributed by atoms with Gasteiger partial charge in [0.05, 0.1) is 11.4 Å². The number of benzodiazepines with no additional fused rings is 1. The molecule has 4 rings (SSSR count). The fraction of sp³-hybridized carbons (Fsp3) is 0.0909. The topological polar surface area (TPSA) is 41.5 Å². The molecule has 0 saturated heterocycles. The van der Waals surface area contributed by atoms with Crippen LogP contribution in [0.4, 0.5) is 5.69 Å². The molecule has 1 aliphatic heterocycles. The van der Waals surface area contributed by atoms with E-state index in [1.165, 1.54) is 0 Å². The molecule has 26 heavy (non-hydrogen) atoms. The summed E-state index contributed by atoms with van der Waals surface area (Å²) >= 11 is 6.22. The second-order valence-electron chi connectivity index (χ2n) is 6.23. The number of nitrogens with zero attached hydrogens (tertiary/aromatic N) is 1. The lowest BCUT2D eigenvalue weighted by molar-refractivity contribution is -0.117. The van der Waals surface area contributed by atoms with Crippen molar-refractivity contribution in [2.75, 3.05) is 5.32 Å². The Bertz CT molecular complexity index is 968. The summed E-state index contributed by atoms with van der Waals surface area (Å²) in [4.78, 5) is 17.6. The van der Waals surface area contributed by atoms with Gasteiger partial charge in [-0.15, -0.1) is 0 Å². The van der Waals surface area contributed by atoms with E-state index in [1.807, 2.05) is 72.8 Å². The van der Waals surface area contributed by atoms with Crippen LogP contribution in [0.2, 0.25) is 5.02 Å². The molecule has 0 aliphatic carbocycles. The first kappa shape index (κ1) is 16.6. The molecular weight excluding hydrogens is 344 g/mol. The van der Waals surface area contributed by atoms with Crippen LogP contribution in [-0.2, 0) is 11.2 Å². The third-order valence-electron chi connectivity index (χ3n) is 4.40. The van der Waals surface area contributed by atoms with E-state index in [4.69, 9.17) is 16.6 Å². The van der Waals surface area contributed by atoms with Gasteiger partial charge in [-0.05, 0) is 23.8 Å². The van der Waals surface area contributed by atoms with Gasteiger partial charge in [0.2, 0.25) is 5.91 Å². The first-order valence-corrected chi connectivity index (χ1v) is 8.86. The van der Waals surface area contributed by atoms with Crippen LogP contribution in [0, 0.1) is 0 Å². The summed E-state index contributed by atoms with van der Waals surface area (Å²) in [5.74, 6) is -0.108. The van der Waals surface area contributed by atoms with Gasteiger partial charge < -0.3 is 5.32 Å². The highest BCUT2D eigenvalue weighted by atomic mass is 35.5. The van der Waals surface area contributed by atoms with Crippen LogP contribution in [0.15, 0.2) is 83.9 Å². The maximum atomic E-state index is 12.8. The molecule has 128 valence electrons. The van der Waals surface area contributed by atoms with Gasteiger partial charge in [-0.1, -0.05) is 72.3 Å². The Balaban J connectivity index is 1.83. The lowest BCUT2D eigenvalue weighted by Crippen LogP contribution is -2.27. The molecule has 0 aromatic heterocycles. The molecule has 0 radical (unpaired) electrons. The second-order valence-corrected chi connectivity index (χ2v) is 6.66. The number of anilines is 1. The molecule has 1 atom stereocenters. The van der Waals surface area contributed by atoms with Crippen molar-refractivity contribution in [1.29, 1.82) is 0 Å². The summed E-state index contributed by atoms with van der Waals surface area (Å²) in [5, 5.41) is 3.62. The molecule has 4 heteroatoms. The number of halogens is 1. The summed E-state index contributed by atoms with van der Waals surface area (Å²) in [5.41, 5.74) is 4.39. The number of carbonyl (C=O) groups is 1. The first-order valence-electron chi connectivity index (χ1n) is 8.48. The average Bonchev–Trinajstić information content (AvgIpc) is 2.80. The third-order valence-corrected chi connectivity index (χ3v) is 4.64. The minimum atomic E-state index is -0.501. The Morgan fingerprint density at radius 2 is 1.62 bits per heavy atom. The number of aliphatic imine (C=N–C) groups is 1. The molecule has 1 N–H and O–H groups in total. The maximum absolute atomic E-state index is 12.8. The van der Waals surface area contributed by atoms with Crippen molar-refractivity contribution in [3.63, 3.8) is 0 Å². The van der Waals surface area contributed by atoms with Crippen LogP contribution in [0.5, 0.6) is 0 Å². The van der Waals surface area contributed by atoms with Crippen LogP contribution in [-0.4, -0.2) is 17.7 Å². The molecule has 0 bridgehead atoms. The van der Waals surface area contributed by atoms with Crippen LogP contribution in [0.25, 0.3) is 0 Å². The fourth-order valence-corrected chi connectivity index (χ4v) is 3.30. The number of rotatable bonds is 3. The molecule has 0 fully saturated rings. The van der Waals surface area contributed by atoms with E-state index < -0.39 is 6.04 Å². The van der Waals surface area contributed by atoms with Crippen molar-refractivity contribution >= 4 is 28.9 Å². The van der Waals surface area contributed by atoms with Gasteiger partial charge in [-0.25, -0.2) is 0 Å². The quantitative estimate of drug-likeness (QED) is 0.720. The first-order chi connectivity index (χ1) is 12.7. The number of fused-ring (bicyclic) bond motifs is 1. The Hall–Kier alpha value is -2.91. The van der Waals surface area contributed by atoms with E-state index in [9.17, 15) is 4.79 Å². The predicted octanol–water partition coefficient (Wildman–Crippen LogP) is 4.74. The Kier molecular flexibility index (Phi) is 4.55. The number of nitrogens with one attached hydrogen (secondary N) is 1. The Morgan fingerprint density at radius 3 is 2.35 bits per heavy atom. The minimum absolute atomic E-state index is 0.108. The number of carbonyl (C=O) groups excluding carboxylic acids is 1. The highest BCUT2D eigenvalue weighted by Crippen LogP contribution is 2.28. The number of benzene rings is 3. The van der Waals surface area contributed by atoms with Gasteiger partial charge in [0, 0.05) is 22.6 Å². The van der Waals surface area contributed by atoms with E-state index >= 15 is 0 Å². The number of hydrogen-bond donors (Lipinski definition) is 1. The summed E-state index contributed by atoms with van der Waals surface area (Å²) in [6.07, 6.45) is 0.546. The molecule has 3 nitrogen and oxygen atoms in total. The molecule has 1 heterocycles. The van der Waals surface area contributed by atoms with Crippen LogP contribution >= 0.6 is 11.6 Å². The standard InChI is InChI=1S/C22H17ClN2O/c23-17-11-12-19-18(14-17)21(16-9-5-2-6-10-16)24-20(22(26)25-19)13-15-7-3-1-4-8-15/h1-12,14,20H,13H2,(H,25,26)/t20-/m0/s1. The normalized spacial score (nSPS) is 16.3.